The Hall–Kier alpha value is -3.39. The predicted molar refractivity (Wildman–Crippen MR) is 128 cm³/mol. The molecule has 0 aliphatic heterocycles. The summed E-state index contributed by atoms with van der Waals surface area (Å²) < 4.78 is 32.6. The SMILES string of the molecule is Cc1ccc(C2(c3ccc(OCc4ccn5nc(NS(C)(=O)=O)nc5c4)cc3)CCC2)cc1. The van der Waals surface area contributed by atoms with Crippen LogP contribution in [-0.4, -0.2) is 29.3 Å². The van der Waals surface area contributed by atoms with Crippen LogP contribution in [0, 0.1) is 6.92 Å². The van der Waals surface area contributed by atoms with Gasteiger partial charge in [0.1, 0.15) is 12.4 Å². The van der Waals surface area contributed by atoms with Crippen molar-refractivity contribution in [1.82, 2.24) is 14.6 Å². The summed E-state index contributed by atoms with van der Waals surface area (Å²) in [6, 6.07) is 21.0. The zero-order chi connectivity index (χ0) is 23.1. The van der Waals surface area contributed by atoms with E-state index in [4.69, 9.17) is 4.74 Å². The van der Waals surface area contributed by atoms with Crippen molar-refractivity contribution in [3.63, 3.8) is 0 Å². The summed E-state index contributed by atoms with van der Waals surface area (Å²) in [6.45, 7) is 2.50. The second kappa shape index (κ2) is 8.19. The maximum Gasteiger partial charge on any atom is 0.256 e. The second-order valence-electron chi connectivity index (χ2n) is 8.76. The molecule has 2 heterocycles. The molecule has 0 bridgehead atoms. The van der Waals surface area contributed by atoms with Crippen LogP contribution in [0.1, 0.15) is 41.5 Å². The Kier molecular flexibility index (Phi) is 5.32. The topological polar surface area (TPSA) is 85.6 Å². The number of benzene rings is 2. The molecule has 170 valence electrons. The number of nitrogens with zero attached hydrogens (tertiary/aromatic N) is 3. The highest BCUT2D eigenvalue weighted by Crippen LogP contribution is 2.49. The Morgan fingerprint density at radius 2 is 1.70 bits per heavy atom. The minimum absolute atomic E-state index is 0.0460. The number of pyridine rings is 1. The minimum Gasteiger partial charge on any atom is -0.489 e. The van der Waals surface area contributed by atoms with Crippen molar-refractivity contribution in [3.8, 4) is 5.75 Å². The zero-order valence-electron chi connectivity index (χ0n) is 18.7. The van der Waals surface area contributed by atoms with Crippen LogP contribution in [-0.2, 0) is 22.0 Å². The Balaban J connectivity index is 1.29. The van der Waals surface area contributed by atoms with E-state index in [0.29, 0.717) is 12.3 Å². The molecule has 0 radical (unpaired) electrons. The van der Waals surface area contributed by atoms with Crippen molar-refractivity contribution in [1.29, 1.82) is 0 Å². The number of aromatic nitrogens is 3. The third kappa shape index (κ3) is 4.43. The lowest BCUT2D eigenvalue weighted by atomic mass is 9.60. The van der Waals surface area contributed by atoms with Crippen LogP contribution in [0.15, 0.2) is 66.9 Å². The predicted octanol–water partition coefficient (Wildman–Crippen LogP) is 4.46. The molecule has 33 heavy (non-hydrogen) atoms. The van der Waals surface area contributed by atoms with E-state index >= 15 is 0 Å². The number of nitrogens with one attached hydrogen (secondary N) is 1. The molecule has 1 saturated carbocycles. The quantitative estimate of drug-likeness (QED) is 0.438. The molecule has 0 atom stereocenters. The molecule has 2 aromatic heterocycles. The lowest BCUT2D eigenvalue weighted by molar-refractivity contribution is 0.296. The van der Waals surface area contributed by atoms with Gasteiger partial charge in [0.25, 0.3) is 5.95 Å². The van der Waals surface area contributed by atoms with E-state index in [1.807, 2.05) is 24.3 Å². The van der Waals surface area contributed by atoms with Gasteiger partial charge in [-0.2, -0.15) is 4.98 Å². The van der Waals surface area contributed by atoms with E-state index in [2.05, 4.69) is 58.1 Å². The van der Waals surface area contributed by atoms with Crippen molar-refractivity contribution in [3.05, 3.63) is 89.1 Å². The number of ether oxygens (including phenoxy) is 1. The third-order valence-electron chi connectivity index (χ3n) is 6.30. The van der Waals surface area contributed by atoms with Gasteiger partial charge in [0.2, 0.25) is 10.0 Å². The second-order valence-corrected chi connectivity index (χ2v) is 10.5. The molecule has 7 nitrogen and oxygen atoms in total. The third-order valence-corrected chi connectivity index (χ3v) is 6.86. The summed E-state index contributed by atoms with van der Waals surface area (Å²) in [5.74, 6) is 0.850. The molecule has 1 aliphatic rings. The number of aryl methyl sites for hydroxylation is 1. The zero-order valence-corrected chi connectivity index (χ0v) is 19.5. The number of hydrogen-bond donors (Lipinski definition) is 1. The first kappa shape index (κ1) is 21.5. The van der Waals surface area contributed by atoms with Crippen molar-refractivity contribution in [2.24, 2.45) is 0 Å². The molecule has 2 aromatic carbocycles. The number of fused-ring (bicyclic) bond motifs is 1. The van der Waals surface area contributed by atoms with E-state index < -0.39 is 10.0 Å². The van der Waals surface area contributed by atoms with Crippen LogP contribution in [0.4, 0.5) is 5.95 Å². The van der Waals surface area contributed by atoms with Gasteiger partial charge in [0.15, 0.2) is 5.65 Å². The smallest absolute Gasteiger partial charge is 0.256 e. The Morgan fingerprint density at radius 1 is 1.03 bits per heavy atom. The summed E-state index contributed by atoms with van der Waals surface area (Å²) in [5.41, 5.74) is 5.58. The fraction of sp³-hybridized carbons (Fsp3) is 0.280. The fourth-order valence-electron chi connectivity index (χ4n) is 4.41. The summed E-state index contributed by atoms with van der Waals surface area (Å²) in [7, 11) is -3.43. The summed E-state index contributed by atoms with van der Waals surface area (Å²) in [5, 5.41) is 4.11. The first-order valence-corrected chi connectivity index (χ1v) is 12.8. The van der Waals surface area contributed by atoms with Crippen LogP contribution < -0.4 is 9.46 Å². The molecule has 5 rings (SSSR count). The molecule has 1 N–H and O–H groups in total. The number of anilines is 1. The molecule has 0 unspecified atom stereocenters. The van der Waals surface area contributed by atoms with Gasteiger partial charge in [-0.3, -0.25) is 4.72 Å². The van der Waals surface area contributed by atoms with Gasteiger partial charge >= 0.3 is 0 Å². The molecule has 0 spiro atoms. The van der Waals surface area contributed by atoms with Crippen LogP contribution in [0.25, 0.3) is 5.65 Å². The van der Waals surface area contributed by atoms with Gasteiger partial charge in [-0.1, -0.05) is 48.4 Å². The number of sulfonamides is 1. The van der Waals surface area contributed by atoms with E-state index in [1.54, 1.807) is 6.20 Å². The van der Waals surface area contributed by atoms with Crippen LogP contribution in [0.2, 0.25) is 0 Å². The van der Waals surface area contributed by atoms with E-state index in [9.17, 15) is 8.42 Å². The molecule has 0 amide bonds. The standard InChI is InChI=1S/C25H26N4O3S/c1-18-4-6-20(7-5-18)25(13-3-14-25)21-8-10-22(11-9-21)32-17-19-12-15-29-23(16-19)26-24(27-29)28-33(2,30)31/h4-12,15-16H,3,13-14,17H2,1-2H3,(H,27,28). The normalized spacial score (nSPS) is 15.2. The van der Waals surface area contributed by atoms with Crippen LogP contribution >= 0.6 is 0 Å². The number of hydrogen-bond acceptors (Lipinski definition) is 5. The van der Waals surface area contributed by atoms with Crippen molar-refractivity contribution in [2.45, 2.75) is 38.2 Å². The maximum absolute atomic E-state index is 11.4. The van der Waals surface area contributed by atoms with Crippen LogP contribution in [0.5, 0.6) is 5.75 Å². The molecular formula is C25H26N4O3S. The Labute approximate surface area is 193 Å². The summed E-state index contributed by atoms with van der Waals surface area (Å²) >= 11 is 0. The van der Waals surface area contributed by atoms with E-state index in [1.165, 1.54) is 40.5 Å². The molecular weight excluding hydrogens is 436 g/mol. The van der Waals surface area contributed by atoms with Crippen molar-refractivity contribution < 1.29 is 13.2 Å². The fourth-order valence-corrected chi connectivity index (χ4v) is 4.82. The van der Waals surface area contributed by atoms with Gasteiger partial charge in [-0.25, -0.2) is 12.9 Å². The van der Waals surface area contributed by atoms with Gasteiger partial charge in [-0.15, -0.1) is 5.10 Å². The molecule has 8 heteroatoms. The van der Waals surface area contributed by atoms with Crippen molar-refractivity contribution >= 4 is 21.6 Å². The average Bonchev–Trinajstić information content (AvgIpc) is 3.13. The lowest BCUT2D eigenvalue weighted by Crippen LogP contribution is -2.35. The first-order chi connectivity index (χ1) is 15.8. The van der Waals surface area contributed by atoms with E-state index in [0.717, 1.165) is 17.6 Å². The largest absolute Gasteiger partial charge is 0.489 e. The molecule has 4 aromatic rings. The highest BCUT2D eigenvalue weighted by atomic mass is 32.2. The summed E-state index contributed by atoms with van der Waals surface area (Å²) in [4.78, 5) is 4.21. The summed E-state index contributed by atoms with van der Waals surface area (Å²) in [6.07, 6.45) is 6.39. The van der Waals surface area contributed by atoms with Crippen LogP contribution in [0.3, 0.4) is 0 Å². The van der Waals surface area contributed by atoms with Gasteiger partial charge in [0, 0.05) is 11.6 Å². The highest BCUT2D eigenvalue weighted by molar-refractivity contribution is 7.91. The highest BCUT2D eigenvalue weighted by Gasteiger charge is 2.40. The molecule has 1 aliphatic carbocycles. The van der Waals surface area contributed by atoms with Crippen molar-refractivity contribution in [2.75, 3.05) is 11.0 Å². The maximum atomic E-state index is 11.4. The van der Waals surface area contributed by atoms with Gasteiger partial charge < -0.3 is 4.74 Å². The van der Waals surface area contributed by atoms with E-state index in [-0.39, 0.29) is 11.4 Å². The number of rotatable bonds is 7. The average molecular weight is 463 g/mol. The van der Waals surface area contributed by atoms with Gasteiger partial charge in [0.05, 0.1) is 6.26 Å². The molecule has 0 saturated heterocycles. The Bertz CT molecular complexity index is 1390. The monoisotopic (exact) mass is 462 g/mol. The molecule has 1 fully saturated rings. The lowest BCUT2D eigenvalue weighted by Gasteiger charge is -2.43. The first-order valence-electron chi connectivity index (χ1n) is 10.9. The van der Waals surface area contributed by atoms with Gasteiger partial charge in [-0.05, 0) is 60.7 Å². The minimum atomic E-state index is -3.43. The Morgan fingerprint density at radius 3 is 2.30 bits per heavy atom.